The third-order valence-corrected chi connectivity index (χ3v) is 7.09. The van der Waals surface area contributed by atoms with E-state index < -0.39 is 0 Å². The van der Waals surface area contributed by atoms with Gasteiger partial charge in [0.05, 0.1) is 12.2 Å². The Morgan fingerprint density at radius 2 is 1.86 bits per heavy atom. The van der Waals surface area contributed by atoms with Gasteiger partial charge in [0.2, 0.25) is 0 Å². The number of guanidine groups is 1. The first kappa shape index (κ1) is 24.8. The van der Waals surface area contributed by atoms with Crippen LogP contribution in [0.15, 0.2) is 9.52 Å². The highest BCUT2D eigenvalue weighted by Crippen LogP contribution is 2.36. The molecule has 1 aliphatic heterocycles. The molecule has 1 saturated heterocycles. The second-order valence-electron chi connectivity index (χ2n) is 7.82. The highest BCUT2D eigenvalue weighted by atomic mass is 127. The molecule has 1 aromatic rings. The summed E-state index contributed by atoms with van der Waals surface area (Å²) in [5, 5.41) is 11.3. The predicted octanol–water partition coefficient (Wildman–Crippen LogP) is 3.83. The van der Waals surface area contributed by atoms with Crippen molar-refractivity contribution < 1.29 is 4.52 Å². The van der Waals surface area contributed by atoms with Gasteiger partial charge in [0, 0.05) is 55.2 Å². The zero-order valence-corrected chi connectivity index (χ0v) is 21.4. The minimum Gasteiger partial charge on any atom is -0.361 e. The number of halogens is 1. The first-order valence-electron chi connectivity index (χ1n) is 11.0. The SMILES string of the molecule is CCNC(=NCc1c(CC)noc1CC)NCC1(N2CCSCC2)CCCC1.I. The van der Waals surface area contributed by atoms with Crippen LogP contribution in [0.5, 0.6) is 0 Å². The van der Waals surface area contributed by atoms with Crippen molar-refractivity contribution in [3.8, 4) is 0 Å². The van der Waals surface area contributed by atoms with Crippen molar-refractivity contribution in [2.24, 2.45) is 4.99 Å². The molecule has 0 spiro atoms. The Hall–Kier alpha value is -0.480. The summed E-state index contributed by atoms with van der Waals surface area (Å²) < 4.78 is 5.50. The Morgan fingerprint density at radius 1 is 1.14 bits per heavy atom. The van der Waals surface area contributed by atoms with Crippen molar-refractivity contribution >= 4 is 41.7 Å². The molecule has 8 heteroatoms. The van der Waals surface area contributed by atoms with Crippen LogP contribution in [-0.4, -0.2) is 59.2 Å². The van der Waals surface area contributed by atoms with Crippen molar-refractivity contribution in [3.05, 3.63) is 17.0 Å². The van der Waals surface area contributed by atoms with Crippen LogP contribution in [0, 0.1) is 0 Å². The lowest BCUT2D eigenvalue weighted by molar-refractivity contribution is 0.107. The number of hydrogen-bond acceptors (Lipinski definition) is 5. The summed E-state index contributed by atoms with van der Waals surface area (Å²) in [5.41, 5.74) is 2.50. The van der Waals surface area contributed by atoms with E-state index in [0.717, 1.165) is 48.9 Å². The van der Waals surface area contributed by atoms with Gasteiger partial charge < -0.3 is 15.2 Å². The molecule has 6 nitrogen and oxygen atoms in total. The maximum atomic E-state index is 5.50. The van der Waals surface area contributed by atoms with E-state index in [1.807, 2.05) is 0 Å². The van der Waals surface area contributed by atoms with E-state index in [1.165, 1.54) is 50.3 Å². The standard InChI is InChI=1S/C21H37N5OS.HI/c1-4-18-17(19(5-2)27-25-18)15-23-20(22-6-3)24-16-21(9-7-8-10-21)26-11-13-28-14-12-26;/h4-16H2,1-3H3,(H2,22,23,24);1H. The van der Waals surface area contributed by atoms with E-state index >= 15 is 0 Å². The van der Waals surface area contributed by atoms with Crippen LogP contribution in [0.1, 0.15) is 63.5 Å². The Bertz CT molecular complexity index is 618. The fraction of sp³-hybridized carbons (Fsp3) is 0.810. The van der Waals surface area contributed by atoms with Crippen LogP contribution in [0.4, 0.5) is 0 Å². The molecule has 3 rings (SSSR count). The van der Waals surface area contributed by atoms with Crippen LogP contribution in [0.2, 0.25) is 0 Å². The summed E-state index contributed by atoms with van der Waals surface area (Å²) in [7, 11) is 0. The minimum atomic E-state index is 0. The fourth-order valence-electron chi connectivity index (χ4n) is 4.54. The molecule has 0 atom stereocenters. The number of nitrogens with one attached hydrogen (secondary N) is 2. The van der Waals surface area contributed by atoms with E-state index in [0.29, 0.717) is 12.1 Å². The molecule has 2 heterocycles. The molecule has 1 saturated carbocycles. The number of hydrogen-bond donors (Lipinski definition) is 2. The van der Waals surface area contributed by atoms with Gasteiger partial charge in [0.1, 0.15) is 5.76 Å². The van der Waals surface area contributed by atoms with Crippen molar-refractivity contribution in [2.75, 3.05) is 37.7 Å². The fourth-order valence-corrected chi connectivity index (χ4v) is 5.44. The van der Waals surface area contributed by atoms with Crippen LogP contribution >= 0.6 is 35.7 Å². The molecule has 29 heavy (non-hydrogen) atoms. The highest BCUT2D eigenvalue weighted by Gasteiger charge is 2.39. The smallest absolute Gasteiger partial charge is 0.191 e. The van der Waals surface area contributed by atoms with Crippen molar-refractivity contribution in [1.29, 1.82) is 0 Å². The average Bonchev–Trinajstić information content (AvgIpc) is 3.38. The summed E-state index contributed by atoms with van der Waals surface area (Å²) >= 11 is 2.09. The van der Waals surface area contributed by atoms with Gasteiger partial charge in [-0.3, -0.25) is 4.90 Å². The molecule has 1 aromatic heterocycles. The van der Waals surface area contributed by atoms with E-state index in [1.54, 1.807) is 0 Å². The zero-order valence-electron chi connectivity index (χ0n) is 18.3. The highest BCUT2D eigenvalue weighted by molar-refractivity contribution is 14.0. The summed E-state index contributed by atoms with van der Waals surface area (Å²) in [5.74, 6) is 4.41. The summed E-state index contributed by atoms with van der Waals surface area (Å²) in [6.45, 7) is 11.3. The molecule has 2 N–H and O–H groups in total. The van der Waals surface area contributed by atoms with Gasteiger partial charge in [0.25, 0.3) is 0 Å². The average molecular weight is 536 g/mol. The summed E-state index contributed by atoms with van der Waals surface area (Å²) in [6.07, 6.45) is 7.04. The Morgan fingerprint density at radius 3 is 2.48 bits per heavy atom. The van der Waals surface area contributed by atoms with Gasteiger partial charge in [-0.05, 0) is 26.2 Å². The first-order chi connectivity index (χ1) is 13.7. The Balaban J connectivity index is 0.00000300. The van der Waals surface area contributed by atoms with E-state index in [2.05, 4.69) is 53.2 Å². The molecule has 0 aromatic carbocycles. The first-order valence-corrected chi connectivity index (χ1v) is 12.2. The summed E-state index contributed by atoms with van der Waals surface area (Å²) in [6, 6.07) is 0. The second-order valence-corrected chi connectivity index (χ2v) is 9.04. The van der Waals surface area contributed by atoms with Crippen LogP contribution in [0.25, 0.3) is 0 Å². The number of aromatic nitrogens is 1. The molecule has 1 aliphatic carbocycles. The van der Waals surface area contributed by atoms with Gasteiger partial charge in [-0.1, -0.05) is 31.8 Å². The zero-order chi connectivity index (χ0) is 19.8. The van der Waals surface area contributed by atoms with Crippen LogP contribution in [-0.2, 0) is 19.4 Å². The molecule has 0 bridgehead atoms. The molecule has 2 fully saturated rings. The van der Waals surface area contributed by atoms with E-state index in [-0.39, 0.29) is 24.0 Å². The third-order valence-electron chi connectivity index (χ3n) is 6.15. The Kier molecular flexibility index (Phi) is 10.6. The van der Waals surface area contributed by atoms with Crippen molar-refractivity contribution in [2.45, 2.75) is 71.4 Å². The van der Waals surface area contributed by atoms with Crippen LogP contribution in [0.3, 0.4) is 0 Å². The largest absolute Gasteiger partial charge is 0.361 e. The number of rotatable bonds is 8. The normalized spacial score (nSPS) is 19.8. The van der Waals surface area contributed by atoms with Gasteiger partial charge in [0.15, 0.2) is 5.96 Å². The maximum Gasteiger partial charge on any atom is 0.191 e. The third kappa shape index (κ3) is 6.26. The molecule has 0 amide bonds. The van der Waals surface area contributed by atoms with Gasteiger partial charge in [-0.25, -0.2) is 4.99 Å². The van der Waals surface area contributed by atoms with E-state index in [4.69, 9.17) is 9.52 Å². The number of thioether (sulfide) groups is 1. The van der Waals surface area contributed by atoms with Gasteiger partial charge in [-0.2, -0.15) is 11.8 Å². The predicted molar refractivity (Wildman–Crippen MR) is 134 cm³/mol. The molecule has 166 valence electrons. The van der Waals surface area contributed by atoms with Crippen LogP contribution < -0.4 is 10.6 Å². The molecular formula is C21H38IN5OS. The number of nitrogens with zero attached hydrogens (tertiary/aromatic N) is 3. The number of aliphatic imine (C=N–C) groups is 1. The molecule has 0 radical (unpaired) electrons. The number of aryl methyl sites for hydroxylation is 2. The van der Waals surface area contributed by atoms with Gasteiger partial charge >= 0.3 is 0 Å². The van der Waals surface area contributed by atoms with Crippen molar-refractivity contribution in [3.63, 3.8) is 0 Å². The lowest BCUT2D eigenvalue weighted by Gasteiger charge is -2.43. The maximum absolute atomic E-state index is 5.50. The second kappa shape index (κ2) is 12.4. The quantitative estimate of drug-likeness (QED) is 0.300. The van der Waals surface area contributed by atoms with E-state index in [9.17, 15) is 0 Å². The molecule has 0 unspecified atom stereocenters. The lowest BCUT2D eigenvalue weighted by Crippen LogP contribution is -2.57. The van der Waals surface area contributed by atoms with Gasteiger partial charge in [-0.15, -0.1) is 24.0 Å². The topological polar surface area (TPSA) is 65.7 Å². The molecular weight excluding hydrogens is 497 g/mol. The van der Waals surface area contributed by atoms with Crippen molar-refractivity contribution in [1.82, 2.24) is 20.7 Å². The molecule has 2 aliphatic rings. The summed E-state index contributed by atoms with van der Waals surface area (Å²) in [4.78, 5) is 7.63. The lowest BCUT2D eigenvalue weighted by atomic mass is 9.94. The minimum absolute atomic E-state index is 0. The Labute approximate surface area is 197 Å². The monoisotopic (exact) mass is 535 g/mol.